The largest absolute Gasteiger partial charge is 0.573 e. The van der Waals surface area contributed by atoms with Gasteiger partial charge in [0.15, 0.2) is 0 Å². The maximum Gasteiger partial charge on any atom is 0.573 e. The van der Waals surface area contributed by atoms with Gasteiger partial charge >= 0.3 is 6.36 Å². The predicted molar refractivity (Wildman–Crippen MR) is 77.7 cm³/mol. The minimum absolute atomic E-state index is 0.187. The van der Waals surface area contributed by atoms with Crippen molar-refractivity contribution in [3.63, 3.8) is 0 Å². The van der Waals surface area contributed by atoms with Crippen LogP contribution in [0.2, 0.25) is 0 Å². The summed E-state index contributed by atoms with van der Waals surface area (Å²) >= 11 is 0. The van der Waals surface area contributed by atoms with Crippen molar-refractivity contribution < 1.29 is 17.9 Å². The van der Waals surface area contributed by atoms with Gasteiger partial charge in [-0.3, -0.25) is 4.99 Å². The van der Waals surface area contributed by atoms with Crippen molar-refractivity contribution in [3.8, 4) is 5.75 Å². The summed E-state index contributed by atoms with van der Waals surface area (Å²) in [5, 5.41) is 0. The Labute approximate surface area is 123 Å². The first kappa shape index (κ1) is 17.3. The van der Waals surface area contributed by atoms with Gasteiger partial charge in [0, 0.05) is 6.54 Å². The van der Waals surface area contributed by atoms with Crippen LogP contribution in [0, 0.1) is 0 Å². The Morgan fingerprint density at radius 1 is 1.24 bits per heavy atom. The summed E-state index contributed by atoms with van der Waals surface area (Å²) in [7, 11) is 0. The molecule has 0 spiro atoms. The molecule has 0 radical (unpaired) electrons. The molecule has 1 aromatic carbocycles. The Morgan fingerprint density at radius 3 is 2.43 bits per heavy atom. The molecule has 0 amide bonds. The highest BCUT2D eigenvalue weighted by molar-refractivity contribution is 5.51. The van der Waals surface area contributed by atoms with Crippen molar-refractivity contribution in [1.29, 1.82) is 0 Å². The SMILES string of the molecule is CCC(C)(C)c1cc(CC/N=C/N)cc(OC(F)(F)F)c1. The van der Waals surface area contributed by atoms with E-state index in [1.165, 1.54) is 18.5 Å². The summed E-state index contributed by atoms with van der Waals surface area (Å²) < 4.78 is 41.3. The van der Waals surface area contributed by atoms with Gasteiger partial charge in [-0.15, -0.1) is 13.2 Å². The number of rotatable bonds is 6. The summed E-state index contributed by atoms with van der Waals surface area (Å²) in [4.78, 5) is 3.87. The van der Waals surface area contributed by atoms with Crippen LogP contribution in [0.1, 0.15) is 38.3 Å². The lowest BCUT2D eigenvalue weighted by Crippen LogP contribution is -2.20. The van der Waals surface area contributed by atoms with Crippen molar-refractivity contribution in [2.24, 2.45) is 10.7 Å². The van der Waals surface area contributed by atoms with Gasteiger partial charge in [-0.25, -0.2) is 0 Å². The Morgan fingerprint density at radius 2 is 1.90 bits per heavy atom. The van der Waals surface area contributed by atoms with Crippen LogP contribution in [0.15, 0.2) is 23.2 Å². The molecule has 0 atom stereocenters. The Hall–Kier alpha value is -1.72. The highest BCUT2D eigenvalue weighted by Gasteiger charge is 2.32. The van der Waals surface area contributed by atoms with Crippen LogP contribution in [0.4, 0.5) is 13.2 Å². The summed E-state index contributed by atoms with van der Waals surface area (Å²) in [6.07, 6.45) is -2.19. The molecule has 0 saturated heterocycles. The van der Waals surface area contributed by atoms with E-state index in [9.17, 15) is 13.2 Å². The van der Waals surface area contributed by atoms with Gasteiger partial charge in [-0.2, -0.15) is 0 Å². The van der Waals surface area contributed by atoms with Crippen LogP contribution in [-0.4, -0.2) is 19.2 Å². The van der Waals surface area contributed by atoms with Gasteiger partial charge in [0.25, 0.3) is 0 Å². The second kappa shape index (κ2) is 6.83. The van der Waals surface area contributed by atoms with E-state index in [1.807, 2.05) is 26.8 Å². The van der Waals surface area contributed by atoms with E-state index in [2.05, 4.69) is 9.73 Å². The average molecular weight is 302 g/mol. The number of hydrogen-bond acceptors (Lipinski definition) is 2. The smallest absolute Gasteiger partial charge is 0.406 e. The van der Waals surface area contributed by atoms with Crippen LogP contribution in [0.5, 0.6) is 5.75 Å². The molecule has 0 aliphatic rings. The molecule has 0 saturated carbocycles. The second-order valence-electron chi connectivity index (χ2n) is 5.46. The molecular weight excluding hydrogens is 281 g/mol. The van der Waals surface area contributed by atoms with Gasteiger partial charge < -0.3 is 10.5 Å². The normalized spacial score (nSPS) is 12.9. The van der Waals surface area contributed by atoms with Crippen molar-refractivity contribution >= 4 is 6.34 Å². The Bertz CT molecular complexity index is 496. The molecule has 3 nitrogen and oxygen atoms in total. The van der Waals surface area contributed by atoms with Gasteiger partial charge in [0.1, 0.15) is 5.75 Å². The Kier molecular flexibility index (Phi) is 5.63. The van der Waals surface area contributed by atoms with E-state index in [0.717, 1.165) is 17.5 Å². The minimum Gasteiger partial charge on any atom is -0.406 e. The molecule has 0 aliphatic heterocycles. The number of aliphatic imine (C=N–C) groups is 1. The summed E-state index contributed by atoms with van der Waals surface area (Å²) in [6.45, 7) is 6.40. The number of nitrogens with two attached hydrogens (primary N) is 1. The molecule has 1 rings (SSSR count). The summed E-state index contributed by atoms with van der Waals surface area (Å²) in [5.41, 5.74) is 6.50. The van der Waals surface area contributed by atoms with Crippen molar-refractivity contribution in [3.05, 3.63) is 29.3 Å². The maximum absolute atomic E-state index is 12.4. The molecule has 0 aliphatic carbocycles. The average Bonchev–Trinajstić information content (AvgIpc) is 2.37. The molecule has 0 unspecified atom stereocenters. The number of alkyl halides is 3. The van der Waals surface area contributed by atoms with Crippen LogP contribution in [0.25, 0.3) is 0 Å². The lowest BCUT2D eigenvalue weighted by atomic mass is 9.81. The third kappa shape index (κ3) is 5.65. The van der Waals surface area contributed by atoms with Gasteiger partial charge in [0.2, 0.25) is 0 Å². The molecular formula is C15H21F3N2O. The number of benzene rings is 1. The van der Waals surface area contributed by atoms with Crippen molar-refractivity contribution in [1.82, 2.24) is 0 Å². The van der Waals surface area contributed by atoms with E-state index in [1.54, 1.807) is 0 Å². The standard InChI is InChI=1S/C15H21F3N2O/c1-4-14(2,3)12-7-11(5-6-20-10-19)8-13(9-12)21-15(16,17)18/h7-10H,4-6H2,1-3H3,(H2,19,20). The molecule has 0 aromatic heterocycles. The highest BCUT2D eigenvalue weighted by Crippen LogP contribution is 2.33. The number of hydrogen-bond donors (Lipinski definition) is 1. The quantitative estimate of drug-likeness (QED) is 0.642. The topological polar surface area (TPSA) is 47.6 Å². The summed E-state index contributed by atoms with van der Waals surface area (Å²) in [5.74, 6) is -0.187. The van der Waals surface area contributed by atoms with Crippen LogP contribution < -0.4 is 10.5 Å². The molecule has 1 aromatic rings. The number of halogens is 3. The molecule has 118 valence electrons. The van der Waals surface area contributed by atoms with Crippen molar-refractivity contribution in [2.75, 3.05) is 6.54 Å². The van der Waals surface area contributed by atoms with E-state index in [-0.39, 0.29) is 11.2 Å². The third-order valence-electron chi connectivity index (χ3n) is 3.50. The zero-order valence-corrected chi connectivity index (χ0v) is 12.5. The first-order chi connectivity index (χ1) is 9.68. The number of nitrogens with zero attached hydrogens (tertiary/aromatic N) is 1. The summed E-state index contributed by atoms with van der Waals surface area (Å²) in [6, 6.07) is 4.75. The predicted octanol–water partition coefficient (Wildman–Crippen LogP) is 3.80. The van der Waals surface area contributed by atoms with Crippen LogP contribution in [0.3, 0.4) is 0 Å². The lowest BCUT2D eigenvalue weighted by Gasteiger charge is -2.25. The minimum atomic E-state index is -4.69. The third-order valence-corrected chi connectivity index (χ3v) is 3.50. The number of ether oxygens (including phenoxy) is 1. The second-order valence-corrected chi connectivity index (χ2v) is 5.46. The monoisotopic (exact) mass is 302 g/mol. The first-order valence-corrected chi connectivity index (χ1v) is 6.78. The highest BCUT2D eigenvalue weighted by atomic mass is 19.4. The molecule has 0 fully saturated rings. The zero-order valence-electron chi connectivity index (χ0n) is 12.5. The molecule has 2 N–H and O–H groups in total. The fourth-order valence-electron chi connectivity index (χ4n) is 1.86. The van der Waals surface area contributed by atoms with Gasteiger partial charge in [-0.1, -0.05) is 26.8 Å². The molecule has 0 bridgehead atoms. The Balaban J connectivity index is 3.13. The fourth-order valence-corrected chi connectivity index (χ4v) is 1.86. The molecule has 0 heterocycles. The van der Waals surface area contributed by atoms with Gasteiger partial charge in [0.05, 0.1) is 6.34 Å². The van der Waals surface area contributed by atoms with E-state index < -0.39 is 6.36 Å². The fraction of sp³-hybridized carbons (Fsp3) is 0.533. The lowest BCUT2D eigenvalue weighted by molar-refractivity contribution is -0.274. The van der Waals surface area contributed by atoms with Crippen LogP contribution >= 0.6 is 0 Å². The maximum atomic E-state index is 12.4. The zero-order chi connectivity index (χ0) is 16.1. The van der Waals surface area contributed by atoms with Crippen molar-refractivity contribution in [2.45, 2.75) is 45.4 Å². The molecule has 21 heavy (non-hydrogen) atoms. The van der Waals surface area contributed by atoms with E-state index in [4.69, 9.17) is 5.73 Å². The first-order valence-electron chi connectivity index (χ1n) is 6.78. The van der Waals surface area contributed by atoms with Crippen LogP contribution in [-0.2, 0) is 11.8 Å². The molecule has 6 heteroatoms. The van der Waals surface area contributed by atoms with E-state index >= 15 is 0 Å². The van der Waals surface area contributed by atoms with Gasteiger partial charge in [-0.05, 0) is 41.5 Å². The van der Waals surface area contributed by atoms with E-state index in [0.29, 0.717) is 13.0 Å².